The molecule has 1 unspecified atom stereocenters. The normalized spacial score (nSPS) is 13.7. The zero-order chi connectivity index (χ0) is 13.4. The summed E-state index contributed by atoms with van der Waals surface area (Å²) in [5.74, 6) is 0.478. The average molecular weight is 291 g/mol. The fourth-order valence-corrected chi connectivity index (χ4v) is 1.57. The lowest BCUT2D eigenvalue weighted by Gasteiger charge is -2.21. The van der Waals surface area contributed by atoms with E-state index in [9.17, 15) is 4.79 Å². The first-order valence-electron chi connectivity index (χ1n) is 5.72. The molecule has 0 heterocycles. The molecule has 18 heavy (non-hydrogen) atoms. The molecule has 0 aromatic heterocycles. The van der Waals surface area contributed by atoms with Crippen molar-refractivity contribution >= 4 is 29.2 Å². The van der Waals surface area contributed by atoms with Crippen molar-refractivity contribution in [2.45, 2.75) is 24.8 Å². The number of hydrogen-bond acceptors (Lipinski definition) is 3. The summed E-state index contributed by atoms with van der Waals surface area (Å²) < 4.78 is 10.4. The Labute approximate surface area is 117 Å². The first kappa shape index (κ1) is 15.1. The predicted molar refractivity (Wildman–Crippen MR) is 72.2 cm³/mol. The molecule has 1 aromatic rings. The van der Waals surface area contributed by atoms with Gasteiger partial charge in [0.2, 0.25) is 0 Å². The Bertz CT molecular complexity index is 366. The Kier molecular flexibility index (Phi) is 6.30. The molecule has 1 rings (SSSR count). The minimum absolute atomic E-state index is 0.298. The highest BCUT2D eigenvalue weighted by Gasteiger charge is 2.34. The second-order valence-corrected chi connectivity index (χ2v) is 4.96. The molecule has 0 saturated carbocycles. The SMILES string of the molecule is CC(Cl)(Oc1ccccc1)C(=O)OCCCCCl. The van der Waals surface area contributed by atoms with Gasteiger partial charge in [-0.15, -0.1) is 11.6 Å². The van der Waals surface area contributed by atoms with E-state index < -0.39 is 11.0 Å². The number of alkyl halides is 2. The van der Waals surface area contributed by atoms with Gasteiger partial charge in [-0.3, -0.25) is 0 Å². The minimum atomic E-state index is -1.51. The molecule has 1 aromatic carbocycles. The van der Waals surface area contributed by atoms with Crippen molar-refractivity contribution in [3.05, 3.63) is 30.3 Å². The number of para-hydroxylation sites is 1. The summed E-state index contributed by atoms with van der Waals surface area (Å²) >= 11 is 11.5. The maximum atomic E-state index is 11.7. The smallest absolute Gasteiger partial charge is 0.366 e. The molecule has 0 aliphatic carbocycles. The second-order valence-electron chi connectivity index (χ2n) is 3.86. The van der Waals surface area contributed by atoms with Crippen LogP contribution in [0.25, 0.3) is 0 Å². The van der Waals surface area contributed by atoms with Crippen LogP contribution in [0.2, 0.25) is 0 Å². The first-order chi connectivity index (χ1) is 8.56. The molecule has 0 radical (unpaired) electrons. The van der Waals surface area contributed by atoms with Crippen LogP contribution in [0, 0.1) is 0 Å². The Hall–Kier alpha value is -0.930. The van der Waals surface area contributed by atoms with Gasteiger partial charge in [0.25, 0.3) is 5.06 Å². The largest absolute Gasteiger partial charge is 0.462 e. The summed E-state index contributed by atoms with van der Waals surface area (Å²) in [5.41, 5.74) is 0. The van der Waals surface area contributed by atoms with E-state index in [1.807, 2.05) is 6.07 Å². The quantitative estimate of drug-likeness (QED) is 0.437. The number of benzene rings is 1. The fourth-order valence-electron chi connectivity index (χ4n) is 1.24. The maximum absolute atomic E-state index is 11.7. The Balaban J connectivity index is 2.44. The van der Waals surface area contributed by atoms with E-state index in [0.29, 0.717) is 24.7 Å². The number of rotatable bonds is 7. The maximum Gasteiger partial charge on any atom is 0.366 e. The van der Waals surface area contributed by atoms with Crippen LogP contribution in [0.3, 0.4) is 0 Å². The van der Waals surface area contributed by atoms with Crippen LogP contribution in [0.15, 0.2) is 30.3 Å². The third-order valence-electron chi connectivity index (χ3n) is 2.18. The zero-order valence-corrected chi connectivity index (χ0v) is 11.7. The summed E-state index contributed by atoms with van der Waals surface area (Å²) in [4.78, 5) is 11.7. The summed E-state index contributed by atoms with van der Waals surface area (Å²) in [6.07, 6.45) is 1.51. The van der Waals surface area contributed by atoms with Crippen molar-refractivity contribution in [1.29, 1.82) is 0 Å². The molecular formula is C13H16Cl2O3. The third kappa shape index (κ3) is 5.15. The molecule has 0 fully saturated rings. The van der Waals surface area contributed by atoms with E-state index in [0.717, 1.165) is 6.42 Å². The molecule has 0 aliphatic rings. The van der Waals surface area contributed by atoms with E-state index in [2.05, 4.69) is 0 Å². The van der Waals surface area contributed by atoms with Crippen molar-refractivity contribution in [2.75, 3.05) is 12.5 Å². The molecule has 5 heteroatoms. The number of carbonyl (C=O) groups excluding carboxylic acids is 1. The van der Waals surface area contributed by atoms with Crippen LogP contribution >= 0.6 is 23.2 Å². The molecule has 0 N–H and O–H groups in total. The van der Waals surface area contributed by atoms with Gasteiger partial charge in [-0.2, -0.15) is 0 Å². The van der Waals surface area contributed by atoms with Crippen LogP contribution < -0.4 is 4.74 Å². The van der Waals surface area contributed by atoms with Gasteiger partial charge in [0.15, 0.2) is 0 Å². The topological polar surface area (TPSA) is 35.5 Å². The molecule has 0 saturated heterocycles. The van der Waals surface area contributed by atoms with E-state index in [4.69, 9.17) is 32.7 Å². The minimum Gasteiger partial charge on any atom is -0.462 e. The molecule has 0 amide bonds. The number of esters is 1. The highest BCUT2D eigenvalue weighted by atomic mass is 35.5. The number of halogens is 2. The summed E-state index contributed by atoms with van der Waals surface area (Å²) in [6.45, 7) is 1.76. The van der Waals surface area contributed by atoms with Gasteiger partial charge in [-0.25, -0.2) is 4.79 Å². The molecule has 0 bridgehead atoms. The Morgan fingerprint density at radius 2 is 1.94 bits per heavy atom. The van der Waals surface area contributed by atoms with E-state index in [1.165, 1.54) is 6.92 Å². The van der Waals surface area contributed by atoms with Gasteiger partial charge in [0.05, 0.1) is 6.61 Å². The van der Waals surface area contributed by atoms with Crippen LogP contribution in [0.1, 0.15) is 19.8 Å². The second kappa shape index (κ2) is 7.49. The van der Waals surface area contributed by atoms with Crippen molar-refractivity contribution in [3.63, 3.8) is 0 Å². The van der Waals surface area contributed by atoms with Crippen molar-refractivity contribution in [2.24, 2.45) is 0 Å². The highest BCUT2D eigenvalue weighted by molar-refractivity contribution is 6.32. The van der Waals surface area contributed by atoms with Gasteiger partial charge in [0, 0.05) is 12.8 Å². The standard InChI is InChI=1S/C13H16Cl2O3/c1-13(15,12(16)17-10-6-5-9-14)18-11-7-3-2-4-8-11/h2-4,7-8H,5-6,9-10H2,1H3. The third-order valence-corrected chi connectivity index (χ3v) is 2.68. The van der Waals surface area contributed by atoms with Gasteiger partial charge in [-0.1, -0.05) is 29.8 Å². The fraction of sp³-hybridized carbons (Fsp3) is 0.462. The number of hydrogen-bond donors (Lipinski definition) is 0. The predicted octanol–water partition coefficient (Wildman–Crippen LogP) is 3.58. The molecule has 0 aliphatic heterocycles. The van der Waals surface area contributed by atoms with Crippen LogP contribution in [-0.4, -0.2) is 23.5 Å². The van der Waals surface area contributed by atoms with Crippen molar-refractivity contribution in [3.8, 4) is 5.75 Å². The summed E-state index contributed by atoms with van der Waals surface area (Å²) in [7, 11) is 0. The van der Waals surface area contributed by atoms with Crippen LogP contribution in [0.4, 0.5) is 0 Å². The van der Waals surface area contributed by atoms with Crippen LogP contribution in [-0.2, 0) is 9.53 Å². The summed E-state index contributed by atoms with van der Waals surface area (Å²) in [6, 6.07) is 8.90. The average Bonchev–Trinajstić information content (AvgIpc) is 2.35. The molecule has 3 nitrogen and oxygen atoms in total. The number of carbonyl (C=O) groups is 1. The first-order valence-corrected chi connectivity index (χ1v) is 6.63. The lowest BCUT2D eigenvalue weighted by Crippen LogP contribution is -2.37. The van der Waals surface area contributed by atoms with Gasteiger partial charge in [-0.05, 0) is 25.0 Å². The van der Waals surface area contributed by atoms with E-state index in [-0.39, 0.29) is 0 Å². The van der Waals surface area contributed by atoms with Crippen molar-refractivity contribution < 1.29 is 14.3 Å². The summed E-state index contributed by atoms with van der Waals surface area (Å²) in [5, 5.41) is -1.51. The molecule has 100 valence electrons. The zero-order valence-electron chi connectivity index (χ0n) is 10.2. The van der Waals surface area contributed by atoms with E-state index >= 15 is 0 Å². The lowest BCUT2D eigenvalue weighted by molar-refractivity contribution is -0.154. The van der Waals surface area contributed by atoms with Gasteiger partial charge >= 0.3 is 5.97 Å². The Morgan fingerprint density at radius 1 is 1.28 bits per heavy atom. The van der Waals surface area contributed by atoms with Crippen molar-refractivity contribution in [1.82, 2.24) is 0 Å². The van der Waals surface area contributed by atoms with Crippen LogP contribution in [0.5, 0.6) is 5.75 Å². The van der Waals surface area contributed by atoms with Gasteiger partial charge < -0.3 is 9.47 Å². The molecular weight excluding hydrogens is 275 g/mol. The molecule has 0 spiro atoms. The van der Waals surface area contributed by atoms with Gasteiger partial charge in [0.1, 0.15) is 5.75 Å². The lowest BCUT2D eigenvalue weighted by atomic mass is 10.3. The number of ether oxygens (including phenoxy) is 2. The van der Waals surface area contributed by atoms with E-state index in [1.54, 1.807) is 24.3 Å². The Morgan fingerprint density at radius 3 is 2.56 bits per heavy atom. The monoisotopic (exact) mass is 290 g/mol. The number of unbranched alkanes of at least 4 members (excludes halogenated alkanes) is 1. The highest BCUT2D eigenvalue weighted by Crippen LogP contribution is 2.23. The molecule has 1 atom stereocenters.